The Balaban J connectivity index is 2.26. The van der Waals surface area contributed by atoms with Crippen molar-refractivity contribution in [2.24, 2.45) is 0 Å². The summed E-state index contributed by atoms with van der Waals surface area (Å²) < 4.78 is 2.58. The summed E-state index contributed by atoms with van der Waals surface area (Å²) in [4.78, 5) is 10.2. The van der Waals surface area contributed by atoms with Crippen LogP contribution in [0.15, 0.2) is 54.6 Å². The van der Waals surface area contributed by atoms with Crippen molar-refractivity contribution in [3.63, 3.8) is 0 Å². The first-order valence-electron chi connectivity index (χ1n) is 4.84. The Morgan fingerprint density at radius 1 is 0.941 bits per heavy atom. The summed E-state index contributed by atoms with van der Waals surface area (Å²) >= 11 is 1.08. The van der Waals surface area contributed by atoms with Crippen molar-refractivity contribution in [2.45, 2.75) is 0 Å². The summed E-state index contributed by atoms with van der Waals surface area (Å²) in [7, 11) is 0. The van der Waals surface area contributed by atoms with Crippen LogP contribution in [-0.2, 0) is 0 Å². The molecule has 0 spiro atoms. The molecule has 17 heavy (non-hydrogen) atoms. The number of nitro groups is 1. The average Bonchev–Trinajstić information content (AvgIpc) is 2.39. The minimum atomic E-state index is -1.41. The van der Waals surface area contributed by atoms with Crippen LogP contribution in [0.5, 0.6) is 0 Å². The molecule has 3 nitrogen and oxygen atoms in total. The molecule has 0 heterocycles. The molecule has 0 radical (unpaired) electrons. The maximum absolute atomic E-state index is 10.6. The molecule has 2 aromatic rings. The third-order valence-electron chi connectivity index (χ3n) is 2.15. The normalized spacial score (nSPS) is 11.0. The van der Waals surface area contributed by atoms with Gasteiger partial charge in [0.05, 0.1) is 0 Å². The van der Waals surface area contributed by atoms with Gasteiger partial charge in [-0.25, -0.2) is 0 Å². The van der Waals surface area contributed by atoms with Gasteiger partial charge in [-0.3, -0.25) is 0 Å². The summed E-state index contributed by atoms with van der Waals surface area (Å²) in [6.45, 7) is 0. The molecule has 0 amide bonds. The quantitative estimate of drug-likeness (QED) is 0.391. The van der Waals surface area contributed by atoms with Crippen molar-refractivity contribution in [1.82, 2.24) is 0 Å². The van der Waals surface area contributed by atoms with Gasteiger partial charge in [0.15, 0.2) is 0 Å². The van der Waals surface area contributed by atoms with Crippen molar-refractivity contribution in [3.05, 3.63) is 71.9 Å². The van der Waals surface area contributed by atoms with Crippen LogP contribution in [0.3, 0.4) is 0 Å². The predicted octanol–water partition coefficient (Wildman–Crippen LogP) is 4.49. The van der Waals surface area contributed by atoms with Gasteiger partial charge in [0.25, 0.3) is 0 Å². The summed E-state index contributed by atoms with van der Waals surface area (Å²) in [6, 6.07) is 17.2. The van der Waals surface area contributed by atoms with Crippen LogP contribution in [0, 0.1) is 17.3 Å². The third-order valence-corrected chi connectivity index (χ3v) is 12.1. The molecule has 0 aliphatic carbocycles. The molecule has 0 unspecified atom stereocenters. The number of benzene rings is 2. The van der Waals surface area contributed by atoms with Crippen LogP contribution in [0.2, 0.25) is 0 Å². The van der Waals surface area contributed by atoms with Gasteiger partial charge in [-0.2, -0.15) is 0 Å². The molecule has 0 fully saturated rings. The number of rotatable bonds is 3. The first kappa shape index (κ1) is 12.7. The molecule has 2 rings (SSSR count). The standard InChI is InChI=1S/C12H9I2NO2/c13-14(10-4-2-1-3-5-10)11-6-8-12(9-7-11)15(16)17/h1-9H. The van der Waals surface area contributed by atoms with Gasteiger partial charge in [-0.05, 0) is 0 Å². The Kier molecular flexibility index (Phi) is 4.32. The monoisotopic (exact) mass is 453 g/mol. The molecule has 0 aliphatic heterocycles. The van der Waals surface area contributed by atoms with Gasteiger partial charge in [-0.1, -0.05) is 0 Å². The zero-order valence-corrected chi connectivity index (χ0v) is 13.0. The molecule has 0 atom stereocenters. The van der Waals surface area contributed by atoms with Crippen molar-refractivity contribution in [1.29, 1.82) is 0 Å². The van der Waals surface area contributed by atoms with E-state index in [0.29, 0.717) is 0 Å². The number of nitrogens with zero attached hydrogens (tertiary/aromatic N) is 1. The number of halogens is 2. The molecule has 88 valence electrons. The van der Waals surface area contributed by atoms with E-state index < -0.39 is 15.8 Å². The van der Waals surface area contributed by atoms with E-state index in [-0.39, 0.29) is 10.6 Å². The van der Waals surface area contributed by atoms with Crippen molar-refractivity contribution in [3.8, 4) is 0 Å². The van der Waals surface area contributed by atoms with E-state index in [0.717, 1.165) is 0 Å². The topological polar surface area (TPSA) is 43.1 Å². The van der Waals surface area contributed by atoms with Gasteiger partial charge in [0.2, 0.25) is 0 Å². The fourth-order valence-corrected chi connectivity index (χ4v) is 7.73. The fraction of sp³-hybridized carbons (Fsp3) is 0. The van der Waals surface area contributed by atoms with E-state index in [1.807, 2.05) is 30.3 Å². The average molecular weight is 453 g/mol. The first-order valence-corrected chi connectivity index (χ1v) is 13.3. The van der Waals surface area contributed by atoms with E-state index in [1.54, 1.807) is 12.1 Å². The third kappa shape index (κ3) is 3.15. The van der Waals surface area contributed by atoms with Crippen molar-refractivity contribution < 1.29 is 4.92 Å². The van der Waals surface area contributed by atoms with Gasteiger partial charge < -0.3 is 0 Å². The van der Waals surface area contributed by atoms with Gasteiger partial charge in [-0.15, -0.1) is 0 Å². The van der Waals surface area contributed by atoms with Gasteiger partial charge in [0.1, 0.15) is 0 Å². The molecule has 0 saturated heterocycles. The number of non-ortho nitro benzene ring substituents is 1. The Hall–Kier alpha value is -0.700. The molecular weight excluding hydrogens is 444 g/mol. The number of hydrogen-bond acceptors (Lipinski definition) is 2. The van der Waals surface area contributed by atoms with E-state index in [4.69, 9.17) is 0 Å². The second kappa shape index (κ2) is 5.76. The molecule has 0 aromatic heterocycles. The Bertz CT molecular complexity index is 514. The van der Waals surface area contributed by atoms with Gasteiger partial charge in [0, 0.05) is 0 Å². The molecular formula is C12H9I2NO2. The van der Waals surface area contributed by atoms with Crippen LogP contribution < -0.4 is 0 Å². The Morgan fingerprint density at radius 3 is 2.00 bits per heavy atom. The molecule has 5 heteroatoms. The summed E-state index contributed by atoms with van der Waals surface area (Å²) in [6.07, 6.45) is 0. The SMILES string of the molecule is O=[N+]([O-])c1ccc(I(I)c2ccccc2)cc1. The van der Waals surface area contributed by atoms with Gasteiger partial charge >= 0.3 is 117 Å². The van der Waals surface area contributed by atoms with Crippen LogP contribution in [-0.4, -0.2) is 4.92 Å². The molecule has 2 aromatic carbocycles. The van der Waals surface area contributed by atoms with Crippen LogP contribution in [0.25, 0.3) is 0 Å². The van der Waals surface area contributed by atoms with E-state index in [2.05, 4.69) is 30.7 Å². The van der Waals surface area contributed by atoms with Crippen LogP contribution >= 0.6 is 34.5 Å². The first-order chi connectivity index (χ1) is 8.18. The van der Waals surface area contributed by atoms with Crippen LogP contribution in [0.1, 0.15) is 0 Å². The zero-order valence-electron chi connectivity index (χ0n) is 8.72. The van der Waals surface area contributed by atoms with Crippen molar-refractivity contribution in [2.75, 3.05) is 0 Å². The zero-order chi connectivity index (χ0) is 12.3. The minimum absolute atomic E-state index is 0.155. The molecule has 0 saturated carbocycles. The summed E-state index contributed by atoms with van der Waals surface area (Å²) in [5.41, 5.74) is 0.155. The second-order valence-corrected chi connectivity index (χ2v) is 12.6. The summed E-state index contributed by atoms with van der Waals surface area (Å²) in [5.74, 6) is 0. The Morgan fingerprint density at radius 2 is 1.47 bits per heavy atom. The number of hydrogen-bond donors (Lipinski definition) is 0. The van der Waals surface area contributed by atoms with Crippen molar-refractivity contribution >= 4 is 40.1 Å². The Labute approximate surface area is 116 Å². The molecule has 0 N–H and O–H groups in total. The second-order valence-electron chi connectivity index (χ2n) is 3.27. The van der Waals surface area contributed by atoms with E-state index >= 15 is 0 Å². The van der Waals surface area contributed by atoms with E-state index in [9.17, 15) is 10.1 Å². The maximum atomic E-state index is 10.6. The fourth-order valence-electron chi connectivity index (χ4n) is 1.32. The molecule has 0 bridgehead atoms. The summed E-state index contributed by atoms with van der Waals surface area (Å²) in [5, 5.41) is 10.6. The predicted molar refractivity (Wildman–Crippen MR) is 85.0 cm³/mol. The molecule has 0 aliphatic rings. The van der Waals surface area contributed by atoms with Crippen LogP contribution in [0.4, 0.5) is 5.69 Å². The number of nitro benzene ring substituents is 1. The van der Waals surface area contributed by atoms with E-state index in [1.165, 1.54) is 7.14 Å².